The molecule has 1 aromatic carbocycles. The van der Waals surface area contributed by atoms with E-state index >= 15 is 0 Å². The van der Waals surface area contributed by atoms with Crippen molar-refractivity contribution in [2.45, 2.75) is 50.8 Å². The fourth-order valence-electron chi connectivity index (χ4n) is 3.49. The SMILES string of the molecule is O=C[C@@H](C[C@@H]1CCNC1=O)NC(=O)[C@H](CC1CC1)NC(=O)OCc1cccc(F)c1. The summed E-state index contributed by atoms with van der Waals surface area (Å²) >= 11 is 0. The lowest BCUT2D eigenvalue weighted by Crippen LogP contribution is -2.50. The quantitative estimate of drug-likeness (QED) is 0.497. The minimum absolute atomic E-state index is 0.121. The normalized spacial score (nSPS) is 20.0. The fraction of sp³-hybridized carbons (Fsp3) is 0.524. The van der Waals surface area contributed by atoms with E-state index in [1.54, 1.807) is 6.07 Å². The first-order valence-corrected chi connectivity index (χ1v) is 10.2. The number of carbonyl (C=O) groups excluding carboxylic acids is 4. The van der Waals surface area contributed by atoms with Crippen LogP contribution in [0.3, 0.4) is 0 Å². The molecule has 0 unspecified atom stereocenters. The number of hydrogen-bond donors (Lipinski definition) is 3. The van der Waals surface area contributed by atoms with E-state index in [1.165, 1.54) is 18.2 Å². The largest absolute Gasteiger partial charge is 0.445 e. The Hall–Kier alpha value is -2.97. The lowest BCUT2D eigenvalue weighted by Gasteiger charge is -2.21. The average molecular weight is 419 g/mol. The maximum Gasteiger partial charge on any atom is 0.408 e. The van der Waals surface area contributed by atoms with E-state index in [0.717, 1.165) is 12.8 Å². The lowest BCUT2D eigenvalue weighted by molar-refractivity contribution is -0.127. The Labute approximate surface area is 173 Å². The second-order valence-electron chi connectivity index (χ2n) is 7.85. The summed E-state index contributed by atoms with van der Waals surface area (Å²) in [5, 5.41) is 7.87. The van der Waals surface area contributed by atoms with Crippen molar-refractivity contribution in [1.29, 1.82) is 0 Å². The number of ether oxygens (including phenoxy) is 1. The Morgan fingerprint density at radius 1 is 1.23 bits per heavy atom. The molecule has 1 aromatic rings. The third kappa shape index (κ3) is 6.53. The molecule has 0 bridgehead atoms. The van der Waals surface area contributed by atoms with Crippen LogP contribution in [0.4, 0.5) is 9.18 Å². The molecule has 3 rings (SSSR count). The Balaban J connectivity index is 1.52. The maximum absolute atomic E-state index is 13.2. The van der Waals surface area contributed by atoms with Gasteiger partial charge in [0.05, 0.1) is 6.04 Å². The predicted molar refractivity (Wildman–Crippen MR) is 105 cm³/mol. The highest BCUT2D eigenvalue weighted by Crippen LogP contribution is 2.33. The summed E-state index contributed by atoms with van der Waals surface area (Å²) < 4.78 is 18.3. The van der Waals surface area contributed by atoms with Crippen LogP contribution in [0.25, 0.3) is 0 Å². The molecule has 0 radical (unpaired) electrons. The van der Waals surface area contributed by atoms with Gasteiger partial charge in [-0.15, -0.1) is 0 Å². The first kappa shape index (κ1) is 21.7. The number of alkyl carbamates (subject to hydrolysis) is 1. The van der Waals surface area contributed by atoms with Crippen molar-refractivity contribution >= 4 is 24.2 Å². The van der Waals surface area contributed by atoms with Crippen LogP contribution in [-0.2, 0) is 25.7 Å². The van der Waals surface area contributed by atoms with Gasteiger partial charge >= 0.3 is 6.09 Å². The number of rotatable bonds is 10. The van der Waals surface area contributed by atoms with Crippen LogP contribution in [0.1, 0.15) is 37.7 Å². The Morgan fingerprint density at radius 3 is 2.67 bits per heavy atom. The first-order chi connectivity index (χ1) is 14.4. The van der Waals surface area contributed by atoms with E-state index in [2.05, 4.69) is 16.0 Å². The van der Waals surface area contributed by atoms with Crippen molar-refractivity contribution in [3.63, 3.8) is 0 Å². The van der Waals surface area contributed by atoms with E-state index in [1.807, 2.05) is 0 Å². The highest BCUT2D eigenvalue weighted by atomic mass is 19.1. The number of hydrogen-bond acceptors (Lipinski definition) is 5. The van der Waals surface area contributed by atoms with Crippen molar-refractivity contribution in [2.75, 3.05) is 6.54 Å². The van der Waals surface area contributed by atoms with E-state index in [9.17, 15) is 23.6 Å². The van der Waals surface area contributed by atoms with Crippen molar-refractivity contribution < 1.29 is 28.3 Å². The zero-order valence-corrected chi connectivity index (χ0v) is 16.6. The number of amides is 3. The van der Waals surface area contributed by atoms with E-state index in [-0.39, 0.29) is 24.9 Å². The molecule has 30 heavy (non-hydrogen) atoms. The van der Waals surface area contributed by atoms with Crippen LogP contribution in [0.2, 0.25) is 0 Å². The van der Waals surface area contributed by atoms with Gasteiger partial charge in [-0.05, 0) is 42.9 Å². The summed E-state index contributed by atoms with van der Waals surface area (Å²) in [4.78, 5) is 48.0. The zero-order chi connectivity index (χ0) is 21.5. The highest BCUT2D eigenvalue weighted by Gasteiger charge is 2.33. The van der Waals surface area contributed by atoms with Gasteiger partial charge < -0.3 is 25.5 Å². The summed E-state index contributed by atoms with van der Waals surface area (Å²) in [6.45, 7) is 0.432. The Morgan fingerprint density at radius 2 is 2.03 bits per heavy atom. The van der Waals surface area contributed by atoms with Crippen molar-refractivity contribution in [3.8, 4) is 0 Å². The molecular weight excluding hydrogens is 393 g/mol. The van der Waals surface area contributed by atoms with Gasteiger partial charge in [-0.2, -0.15) is 0 Å². The van der Waals surface area contributed by atoms with Crippen molar-refractivity contribution in [1.82, 2.24) is 16.0 Å². The van der Waals surface area contributed by atoms with Gasteiger partial charge in [0, 0.05) is 12.5 Å². The molecule has 8 nitrogen and oxygen atoms in total. The molecule has 3 amide bonds. The summed E-state index contributed by atoms with van der Waals surface area (Å²) in [5.41, 5.74) is 0.490. The minimum atomic E-state index is -0.850. The summed E-state index contributed by atoms with van der Waals surface area (Å²) in [5.74, 6) is -1.02. The van der Waals surface area contributed by atoms with Crippen molar-refractivity contribution in [2.24, 2.45) is 11.8 Å². The number of nitrogens with one attached hydrogen (secondary N) is 3. The maximum atomic E-state index is 13.2. The molecule has 0 aromatic heterocycles. The highest BCUT2D eigenvalue weighted by molar-refractivity contribution is 5.88. The molecule has 162 valence electrons. The number of benzene rings is 1. The second-order valence-corrected chi connectivity index (χ2v) is 7.85. The van der Waals surface area contributed by atoms with Gasteiger partial charge in [0.25, 0.3) is 0 Å². The van der Waals surface area contributed by atoms with E-state index in [4.69, 9.17) is 4.74 Å². The summed E-state index contributed by atoms with van der Waals surface area (Å²) in [6.07, 6.45) is 3.05. The molecule has 1 aliphatic carbocycles. The van der Waals surface area contributed by atoms with Gasteiger partial charge in [-0.3, -0.25) is 9.59 Å². The van der Waals surface area contributed by atoms with Crippen LogP contribution < -0.4 is 16.0 Å². The number of carbonyl (C=O) groups is 4. The van der Waals surface area contributed by atoms with Crippen LogP contribution in [0.15, 0.2) is 24.3 Å². The summed E-state index contributed by atoms with van der Waals surface area (Å²) in [6, 6.07) is 4.03. The Kier molecular flexibility index (Phi) is 7.37. The average Bonchev–Trinajstić information content (AvgIpc) is 3.45. The standard InChI is InChI=1S/C21H26FN3O5/c22-16-3-1-2-14(8-16)12-30-21(29)25-18(9-13-4-5-13)20(28)24-17(11-26)10-15-6-7-23-19(15)27/h1-3,8,11,13,15,17-18H,4-7,9-10,12H2,(H,23,27)(H,24,28)(H,25,29)/t15-,17+,18-/m0/s1. The van der Waals surface area contributed by atoms with Crippen LogP contribution in [0.5, 0.6) is 0 Å². The third-order valence-corrected chi connectivity index (χ3v) is 5.33. The Bertz CT molecular complexity index is 799. The van der Waals surface area contributed by atoms with Crippen LogP contribution in [-0.4, -0.2) is 42.8 Å². The molecule has 1 saturated carbocycles. The van der Waals surface area contributed by atoms with Crippen LogP contribution >= 0.6 is 0 Å². The second kappa shape index (κ2) is 10.2. The van der Waals surface area contributed by atoms with E-state index in [0.29, 0.717) is 37.2 Å². The van der Waals surface area contributed by atoms with Gasteiger partial charge in [0.15, 0.2) is 0 Å². The summed E-state index contributed by atoms with van der Waals surface area (Å²) in [7, 11) is 0. The number of halogens is 1. The molecule has 3 N–H and O–H groups in total. The lowest BCUT2D eigenvalue weighted by atomic mass is 9.98. The topological polar surface area (TPSA) is 114 Å². The monoisotopic (exact) mass is 419 g/mol. The molecule has 0 spiro atoms. The predicted octanol–water partition coefficient (Wildman–Crippen LogP) is 1.43. The zero-order valence-electron chi connectivity index (χ0n) is 16.6. The van der Waals surface area contributed by atoms with Gasteiger partial charge in [0.2, 0.25) is 11.8 Å². The molecule has 9 heteroatoms. The fourth-order valence-corrected chi connectivity index (χ4v) is 3.49. The molecule has 2 fully saturated rings. The smallest absolute Gasteiger partial charge is 0.408 e. The van der Waals surface area contributed by atoms with E-state index < -0.39 is 29.9 Å². The molecule has 1 heterocycles. The number of aldehydes is 1. The van der Waals surface area contributed by atoms with Gasteiger partial charge in [-0.25, -0.2) is 9.18 Å². The molecule has 2 aliphatic rings. The molecular formula is C21H26FN3O5. The van der Waals surface area contributed by atoms with Gasteiger partial charge in [-0.1, -0.05) is 25.0 Å². The first-order valence-electron chi connectivity index (χ1n) is 10.2. The van der Waals surface area contributed by atoms with Crippen molar-refractivity contribution in [3.05, 3.63) is 35.6 Å². The molecule has 1 saturated heterocycles. The molecule has 1 aliphatic heterocycles. The van der Waals surface area contributed by atoms with Gasteiger partial charge in [0.1, 0.15) is 24.8 Å². The minimum Gasteiger partial charge on any atom is -0.445 e. The third-order valence-electron chi connectivity index (χ3n) is 5.33. The molecule has 3 atom stereocenters. The van der Waals surface area contributed by atoms with Crippen LogP contribution in [0, 0.1) is 17.7 Å².